The van der Waals surface area contributed by atoms with Gasteiger partial charge >= 0.3 is 29.8 Å². The van der Waals surface area contributed by atoms with Crippen molar-refractivity contribution < 1.29 is 76.9 Å². The van der Waals surface area contributed by atoms with Crippen LogP contribution < -0.4 is 5.32 Å². The van der Waals surface area contributed by atoms with E-state index in [4.69, 9.17) is 37.9 Å². The van der Waals surface area contributed by atoms with Gasteiger partial charge in [0.25, 0.3) is 0 Å². The van der Waals surface area contributed by atoms with Crippen molar-refractivity contribution in [1.82, 2.24) is 5.32 Å². The predicted molar refractivity (Wildman–Crippen MR) is 128 cm³/mol. The van der Waals surface area contributed by atoms with Crippen LogP contribution in [0.4, 0.5) is 0 Å². The van der Waals surface area contributed by atoms with Crippen LogP contribution in [0.2, 0.25) is 0 Å². The third-order valence-corrected chi connectivity index (χ3v) is 5.75. The second kappa shape index (κ2) is 15.0. The van der Waals surface area contributed by atoms with Gasteiger partial charge in [0.2, 0.25) is 5.91 Å². The second-order valence-corrected chi connectivity index (χ2v) is 9.25. The van der Waals surface area contributed by atoms with E-state index in [2.05, 4.69) is 5.32 Å². The molecule has 2 heterocycles. The van der Waals surface area contributed by atoms with Crippen molar-refractivity contribution in [3.8, 4) is 0 Å². The predicted octanol–water partition coefficient (Wildman–Crippen LogP) is -2.40. The number of amides is 1. The molecule has 3 N–H and O–H groups in total. The van der Waals surface area contributed by atoms with Crippen molar-refractivity contribution in [3.05, 3.63) is 0 Å². The molecular weight excluding hydrogens is 558 g/mol. The van der Waals surface area contributed by atoms with Crippen LogP contribution in [0.1, 0.15) is 41.5 Å². The molecule has 0 unspecified atom stereocenters. The molecule has 0 aromatic heterocycles. The van der Waals surface area contributed by atoms with Crippen molar-refractivity contribution in [3.63, 3.8) is 0 Å². The van der Waals surface area contributed by atoms with Crippen molar-refractivity contribution in [2.24, 2.45) is 0 Å². The number of carbonyl (C=O) groups excluding carboxylic acids is 6. The quantitative estimate of drug-likeness (QED) is 0.177. The minimum atomic E-state index is -1.80. The highest BCUT2D eigenvalue weighted by molar-refractivity contribution is 5.73. The lowest BCUT2D eigenvalue weighted by Gasteiger charge is -2.48. The molecule has 17 nitrogen and oxygen atoms in total. The number of aliphatic hydroxyl groups is 2. The largest absolute Gasteiger partial charge is 0.463 e. The third-order valence-electron chi connectivity index (χ3n) is 5.75. The molecular formula is C24H35NO16. The van der Waals surface area contributed by atoms with E-state index in [1.807, 2.05) is 0 Å². The van der Waals surface area contributed by atoms with Gasteiger partial charge in [0, 0.05) is 41.5 Å². The average Bonchev–Trinajstić information content (AvgIpc) is 2.83. The fraction of sp³-hybridized carbons (Fsp3) is 0.750. The Morgan fingerprint density at radius 3 is 1.56 bits per heavy atom. The molecule has 17 heteroatoms. The fourth-order valence-corrected chi connectivity index (χ4v) is 4.28. The second-order valence-electron chi connectivity index (χ2n) is 9.25. The van der Waals surface area contributed by atoms with Crippen LogP contribution in [-0.2, 0) is 66.7 Å². The SMILES string of the molecule is CC(=O)N[C@@H]1[C@@H](O[C@@H]2O[C@H](COC(C)=O)[C@H](OC(C)=O)[C@H](O)[C@H]2OC(C)=O)[C@H](OC(C)=O)[C@@H](COC(C)=O)O[C@H]1O. The molecule has 0 aromatic rings. The summed E-state index contributed by atoms with van der Waals surface area (Å²) in [4.78, 5) is 70.6. The lowest BCUT2D eigenvalue weighted by molar-refractivity contribution is -0.343. The molecule has 0 saturated carbocycles. The number of rotatable bonds is 10. The number of esters is 5. The first-order valence-corrected chi connectivity index (χ1v) is 12.5. The number of hydrogen-bond acceptors (Lipinski definition) is 16. The Hall–Kier alpha value is -3.38. The van der Waals surface area contributed by atoms with Gasteiger partial charge < -0.3 is 53.4 Å². The van der Waals surface area contributed by atoms with Gasteiger partial charge in [-0.3, -0.25) is 28.8 Å². The highest BCUT2D eigenvalue weighted by Crippen LogP contribution is 2.32. The van der Waals surface area contributed by atoms with Crippen LogP contribution in [-0.4, -0.2) is 121 Å². The third kappa shape index (κ3) is 9.89. The van der Waals surface area contributed by atoms with E-state index in [1.54, 1.807) is 0 Å². The number of ether oxygens (including phenoxy) is 8. The van der Waals surface area contributed by atoms with E-state index < -0.39 is 110 Å². The molecule has 0 radical (unpaired) electrons. The van der Waals surface area contributed by atoms with Crippen LogP contribution in [0, 0.1) is 0 Å². The van der Waals surface area contributed by atoms with Gasteiger partial charge in [0.1, 0.15) is 43.7 Å². The molecule has 232 valence electrons. The van der Waals surface area contributed by atoms with Crippen LogP contribution in [0.25, 0.3) is 0 Å². The maximum atomic E-state index is 12.0. The summed E-state index contributed by atoms with van der Waals surface area (Å²) >= 11 is 0. The maximum Gasteiger partial charge on any atom is 0.303 e. The summed E-state index contributed by atoms with van der Waals surface area (Å²) in [5.74, 6) is -4.69. The summed E-state index contributed by atoms with van der Waals surface area (Å²) in [6.45, 7) is 5.41. The average molecular weight is 594 g/mol. The first-order chi connectivity index (χ1) is 19.1. The summed E-state index contributed by atoms with van der Waals surface area (Å²) in [6.07, 6.45) is -14.2. The molecule has 2 rings (SSSR count). The van der Waals surface area contributed by atoms with Crippen molar-refractivity contribution in [1.29, 1.82) is 0 Å². The summed E-state index contributed by atoms with van der Waals surface area (Å²) < 4.78 is 43.0. The zero-order chi connectivity index (χ0) is 31.0. The first kappa shape index (κ1) is 33.8. The van der Waals surface area contributed by atoms with Crippen LogP contribution in [0.15, 0.2) is 0 Å². The van der Waals surface area contributed by atoms with Gasteiger partial charge in [-0.25, -0.2) is 0 Å². The zero-order valence-corrected chi connectivity index (χ0v) is 23.3. The summed E-state index contributed by atoms with van der Waals surface area (Å²) in [7, 11) is 0. The minimum Gasteiger partial charge on any atom is -0.463 e. The molecule has 0 aromatic carbocycles. The zero-order valence-electron chi connectivity index (χ0n) is 23.3. The monoisotopic (exact) mass is 593 g/mol. The standard InChI is InChI=1S/C24H35NO16/c1-9(26)25-17-21(20(37-13(5)30)16(39-23(17)33)8-35-11(3)28)41-24-22(38-14(6)31)18(32)19(36-12(4)29)15(40-24)7-34-10(2)27/h15-24,32-33H,7-8H2,1-6H3,(H,25,26)/t15-,16-,17-,18+,19+,20-,21-,22-,23-,24+/m1/s1. The van der Waals surface area contributed by atoms with E-state index in [0.717, 1.165) is 41.5 Å². The summed E-state index contributed by atoms with van der Waals surface area (Å²) in [6, 6.07) is -1.44. The Morgan fingerprint density at radius 2 is 1.10 bits per heavy atom. The summed E-state index contributed by atoms with van der Waals surface area (Å²) in [5, 5.41) is 24.2. The van der Waals surface area contributed by atoms with E-state index in [9.17, 15) is 39.0 Å². The minimum absolute atomic E-state index is 0.512. The Bertz CT molecular complexity index is 985. The topological polar surface area (TPSA) is 229 Å². The highest BCUT2D eigenvalue weighted by Gasteiger charge is 2.55. The number of aliphatic hydroxyl groups excluding tert-OH is 2. The van der Waals surface area contributed by atoms with Crippen LogP contribution in [0.5, 0.6) is 0 Å². The number of hydrogen-bond donors (Lipinski definition) is 3. The molecule has 2 aliphatic rings. The molecule has 0 spiro atoms. The number of nitrogens with one attached hydrogen (secondary N) is 1. The van der Waals surface area contributed by atoms with Gasteiger partial charge in [0.05, 0.1) is 0 Å². The Kier molecular flexibility index (Phi) is 12.4. The van der Waals surface area contributed by atoms with Crippen molar-refractivity contribution in [2.45, 2.75) is 103 Å². The molecule has 1 amide bonds. The molecule has 10 atom stereocenters. The van der Waals surface area contributed by atoms with Crippen molar-refractivity contribution >= 4 is 35.8 Å². The molecule has 2 fully saturated rings. The fourth-order valence-electron chi connectivity index (χ4n) is 4.28. The Labute approximate surface area is 234 Å². The van der Waals surface area contributed by atoms with E-state index in [-0.39, 0.29) is 0 Å². The Morgan fingerprint density at radius 1 is 0.634 bits per heavy atom. The molecule has 0 aliphatic carbocycles. The Balaban J connectivity index is 2.54. The lowest BCUT2D eigenvalue weighted by atomic mass is 9.95. The highest BCUT2D eigenvalue weighted by atomic mass is 16.7. The summed E-state index contributed by atoms with van der Waals surface area (Å²) in [5.41, 5.74) is 0. The molecule has 2 saturated heterocycles. The van der Waals surface area contributed by atoms with Gasteiger partial charge in [-0.2, -0.15) is 0 Å². The maximum absolute atomic E-state index is 12.0. The molecule has 0 bridgehead atoms. The van der Waals surface area contributed by atoms with E-state index in [0.29, 0.717) is 0 Å². The normalized spacial score (nSPS) is 33.1. The van der Waals surface area contributed by atoms with Crippen LogP contribution in [0.3, 0.4) is 0 Å². The first-order valence-electron chi connectivity index (χ1n) is 12.5. The smallest absolute Gasteiger partial charge is 0.303 e. The number of carbonyl (C=O) groups is 6. The van der Waals surface area contributed by atoms with E-state index >= 15 is 0 Å². The lowest BCUT2D eigenvalue weighted by Crippen LogP contribution is -2.68. The van der Waals surface area contributed by atoms with E-state index in [1.165, 1.54) is 0 Å². The van der Waals surface area contributed by atoms with Gasteiger partial charge in [-0.15, -0.1) is 0 Å². The van der Waals surface area contributed by atoms with Gasteiger partial charge in [-0.1, -0.05) is 0 Å². The van der Waals surface area contributed by atoms with Gasteiger partial charge in [-0.05, 0) is 0 Å². The van der Waals surface area contributed by atoms with Gasteiger partial charge in [0.15, 0.2) is 30.9 Å². The molecule has 2 aliphatic heterocycles. The van der Waals surface area contributed by atoms with Crippen molar-refractivity contribution in [2.75, 3.05) is 13.2 Å². The van der Waals surface area contributed by atoms with Crippen LogP contribution >= 0.6 is 0 Å². The molecule has 41 heavy (non-hydrogen) atoms.